The highest BCUT2D eigenvalue weighted by molar-refractivity contribution is 8.00. The van der Waals surface area contributed by atoms with Gasteiger partial charge in [0.25, 0.3) is 0 Å². The van der Waals surface area contributed by atoms with Crippen LogP contribution in [0.5, 0.6) is 0 Å². The molecule has 1 unspecified atom stereocenters. The molecule has 1 aromatic rings. The summed E-state index contributed by atoms with van der Waals surface area (Å²) in [4.78, 5) is 52.1. The summed E-state index contributed by atoms with van der Waals surface area (Å²) < 4.78 is 0. The Morgan fingerprint density at radius 1 is 1.04 bits per heavy atom. The number of benzene rings is 1. The molecule has 8 heteroatoms. The van der Waals surface area contributed by atoms with Gasteiger partial charge in [0.05, 0.1) is 17.0 Å². The number of hydrogen-bond acceptors (Lipinski definition) is 6. The number of rotatable bonds is 10. The van der Waals surface area contributed by atoms with Crippen LogP contribution in [0.15, 0.2) is 35.9 Å². The SMILES string of the molecule is C[C@H](CCCCCSC1CC(=O)N(c2cccc(C(N)=O)c2)C1=O)[C@H]1CC[C@H]2[C@@H]3C(=O)C=C4C[C@@H](O)CC[C@]4(C)[C@H]3CC[C@]12C. The van der Waals surface area contributed by atoms with Crippen LogP contribution in [0.1, 0.15) is 108 Å². The highest BCUT2D eigenvalue weighted by atomic mass is 32.2. The molecular formula is C37H50N2O5S. The molecule has 45 heavy (non-hydrogen) atoms. The number of anilines is 1. The van der Waals surface area contributed by atoms with Gasteiger partial charge in [-0.05, 0) is 116 Å². The molecule has 4 aliphatic carbocycles. The van der Waals surface area contributed by atoms with Gasteiger partial charge in [-0.2, -0.15) is 0 Å². The summed E-state index contributed by atoms with van der Waals surface area (Å²) in [5, 5.41) is 9.92. The van der Waals surface area contributed by atoms with Crippen LogP contribution in [-0.2, 0) is 14.4 Å². The number of imide groups is 1. The number of carbonyl (C=O) groups is 4. The molecule has 6 rings (SSSR count). The first kappa shape index (κ1) is 32.5. The third-order valence-corrected chi connectivity index (χ3v) is 14.1. The highest BCUT2D eigenvalue weighted by Crippen LogP contribution is 2.66. The van der Waals surface area contributed by atoms with Gasteiger partial charge < -0.3 is 10.8 Å². The zero-order chi connectivity index (χ0) is 32.1. The summed E-state index contributed by atoms with van der Waals surface area (Å²) in [7, 11) is 0. The molecular weight excluding hydrogens is 584 g/mol. The molecule has 1 heterocycles. The van der Waals surface area contributed by atoms with Crippen molar-refractivity contribution in [2.45, 2.75) is 109 Å². The van der Waals surface area contributed by atoms with Gasteiger partial charge in [0.1, 0.15) is 0 Å². The predicted octanol–water partition coefficient (Wildman–Crippen LogP) is 6.47. The van der Waals surface area contributed by atoms with E-state index in [0.29, 0.717) is 41.6 Å². The van der Waals surface area contributed by atoms with Crippen LogP contribution >= 0.6 is 11.8 Å². The molecule has 244 valence electrons. The van der Waals surface area contributed by atoms with Crippen LogP contribution in [0.4, 0.5) is 5.69 Å². The van der Waals surface area contributed by atoms with Crippen LogP contribution in [0.2, 0.25) is 0 Å². The molecule has 1 saturated heterocycles. The number of amides is 3. The minimum absolute atomic E-state index is 0.0749. The zero-order valence-electron chi connectivity index (χ0n) is 27.1. The summed E-state index contributed by atoms with van der Waals surface area (Å²) in [5.41, 5.74) is 7.58. The number of nitrogens with zero attached hydrogens (tertiary/aromatic N) is 1. The summed E-state index contributed by atoms with van der Waals surface area (Å²) >= 11 is 1.57. The number of nitrogens with two attached hydrogens (primary N) is 1. The Morgan fingerprint density at radius 3 is 2.62 bits per heavy atom. The van der Waals surface area contributed by atoms with Crippen LogP contribution in [0.25, 0.3) is 0 Å². The normalized spacial score (nSPS) is 36.8. The zero-order valence-corrected chi connectivity index (χ0v) is 28.0. The monoisotopic (exact) mass is 634 g/mol. The van der Waals surface area contributed by atoms with Crippen molar-refractivity contribution in [3.8, 4) is 0 Å². The lowest BCUT2D eigenvalue weighted by molar-refractivity contribution is -0.135. The molecule has 3 saturated carbocycles. The van der Waals surface area contributed by atoms with E-state index in [-0.39, 0.29) is 51.9 Å². The van der Waals surface area contributed by atoms with Crippen molar-refractivity contribution in [2.75, 3.05) is 10.7 Å². The Balaban J connectivity index is 0.974. The smallest absolute Gasteiger partial charge is 0.248 e. The fraction of sp³-hybridized carbons (Fsp3) is 0.676. The van der Waals surface area contributed by atoms with E-state index in [1.54, 1.807) is 30.0 Å². The van der Waals surface area contributed by atoms with Gasteiger partial charge in [-0.3, -0.25) is 19.2 Å². The van der Waals surface area contributed by atoms with E-state index >= 15 is 0 Å². The molecule has 1 aliphatic heterocycles. The fourth-order valence-electron chi connectivity index (χ4n) is 10.3. The summed E-state index contributed by atoms with van der Waals surface area (Å²) in [6.45, 7) is 7.30. The molecule has 0 bridgehead atoms. The van der Waals surface area contributed by atoms with Crippen molar-refractivity contribution >= 4 is 41.0 Å². The lowest BCUT2D eigenvalue weighted by Gasteiger charge is -2.57. The Labute approximate surface area is 272 Å². The third kappa shape index (κ3) is 5.83. The average molecular weight is 635 g/mol. The van der Waals surface area contributed by atoms with Gasteiger partial charge in [-0.1, -0.05) is 51.7 Å². The van der Waals surface area contributed by atoms with E-state index in [1.807, 2.05) is 6.08 Å². The van der Waals surface area contributed by atoms with Crippen LogP contribution in [0, 0.1) is 40.4 Å². The van der Waals surface area contributed by atoms with Crippen molar-refractivity contribution in [3.05, 3.63) is 41.5 Å². The number of aliphatic hydroxyl groups is 1. The van der Waals surface area contributed by atoms with Gasteiger partial charge >= 0.3 is 0 Å². The van der Waals surface area contributed by atoms with E-state index in [4.69, 9.17) is 5.73 Å². The van der Waals surface area contributed by atoms with Gasteiger partial charge in [-0.25, -0.2) is 4.90 Å². The summed E-state index contributed by atoms with van der Waals surface area (Å²) in [5.74, 6) is 2.47. The second-order valence-electron chi connectivity index (χ2n) is 15.2. The van der Waals surface area contributed by atoms with Crippen molar-refractivity contribution in [1.82, 2.24) is 0 Å². The minimum Gasteiger partial charge on any atom is -0.393 e. The standard InChI is InChI=1S/C37H50N2O5S/c1-22(8-5-4-6-17-45-31-21-32(42)39(35(31)44)25-10-7-9-23(18-25)34(38)43)27-11-12-28-33-29(14-16-37(27,28)3)36(2)15-13-26(40)19-24(36)20-30(33)41/h7,9-10,18,20,22,26-29,31,33,40H,4-6,8,11-17,19,21H2,1-3H3,(H2,38,43)/t22-,26+,27-,28+,29+,31?,33+,36+,37-/m1/s1. The Kier molecular flexibility index (Phi) is 9.12. The predicted molar refractivity (Wildman–Crippen MR) is 178 cm³/mol. The van der Waals surface area contributed by atoms with Gasteiger partial charge in [-0.15, -0.1) is 11.8 Å². The van der Waals surface area contributed by atoms with E-state index in [1.165, 1.54) is 35.8 Å². The first-order chi connectivity index (χ1) is 21.4. The molecule has 3 N–H and O–H groups in total. The third-order valence-electron chi connectivity index (χ3n) is 12.8. The molecule has 9 atom stereocenters. The Morgan fingerprint density at radius 2 is 1.84 bits per heavy atom. The number of allylic oxidation sites excluding steroid dienone is 1. The number of fused-ring (bicyclic) bond motifs is 5. The number of ketones is 1. The van der Waals surface area contributed by atoms with Gasteiger partial charge in [0.15, 0.2) is 5.78 Å². The second-order valence-corrected chi connectivity index (χ2v) is 16.5. The number of aliphatic hydroxyl groups excluding tert-OH is 1. The molecule has 0 spiro atoms. The largest absolute Gasteiger partial charge is 0.393 e. The molecule has 4 fully saturated rings. The summed E-state index contributed by atoms with van der Waals surface area (Å²) in [6, 6.07) is 6.39. The van der Waals surface area contributed by atoms with Crippen LogP contribution < -0.4 is 10.6 Å². The quantitative estimate of drug-likeness (QED) is 0.225. The maximum Gasteiger partial charge on any atom is 0.248 e. The van der Waals surface area contributed by atoms with E-state index in [9.17, 15) is 24.3 Å². The maximum atomic E-state index is 13.6. The van der Waals surface area contributed by atoms with Crippen molar-refractivity contribution < 1.29 is 24.3 Å². The van der Waals surface area contributed by atoms with Gasteiger partial charge in [0, 0.05) is 17.9 Å². The molecule has 1 aromatic carbocycles. The van der Waals surface area contributed by atoms with Crippen molar-refractivity contribution in [2.24, 2.45) is 46.2 Å². The Bertz CT molecular complexity index is 1390. The average Bonchev–Trinajstić information content (AvgIpc) is 3.50. The first-order valence-corrected chi connectivity index (χ1v) is 18.3. The number of primary amides is 1. The number of unbranched alkanes of at least 4 members (excludes halogenated alkanes) is 2. The number of thioether (sulfide) groups is 1. The highest BCUT2D eigenvalue weighted by Gasteiger charge is 2.61. The van der Waals surface area contributed by atoms with Crippen LogP contribution in [0.3, 0.4) is 0 Å². The van der Waals surface area contributed by atoms with Gasteiger partial charge in [0.2, 0.25) is 17.7 Å². The lowest BCUT2D eigenvalue weighted by atomic mass is 9.46. The minimum atomic E-state index is -0.587. The molecule has 3 amide bonds. The second kappa shape index (κ2) is 12.6. The molecule has 0 radical (unpaired) electrons. The Hall–Kier alpha value is -2.45. The van der Waals surface area contributed by atoms with E-state index < -0.39 is 5.91 Å². The molecule has 0 aromatic heterocycles. The number of hydrogen-bond donors (Lipinski definition) is 2. The topological polar surface area (TPSA) is 118 Å². The fourth-order valence-corrected chi connectivity index (χ4v) is 11.5. The first-order valence-electron chi connectivity index (χ1n) is 17.2. The van der Waals surface area contributed by atoms with E-state index in [0.717, 1.165) is 50.7 Å². The molecule has 5 aliphatic rings. The van der Waals surface area contributed by atoms with Crippen molar-refractivity contribution in [1.29, 1.82) is 0 Å². The molecule has 7 nitrogen and oxygen atoms in total. The lowest BCUT2D eigenvalue weighted by Crippen LogP contribution is -2.53. The maximum absolute atomic E-state index is 13.6. The van der Waals surface area contributed by atoms with Crippen LogP contribution in [-0.4, -0.2) is 45.7 Å². The summed E-state index contributed by atoms with van der Waals surface area (Å²) in [6.07, 6.45) is 13.5. The van der Waals surface area contributed by atoms with E-state index in [2.05, 4.69) is 20.8 Å². The van der Waals surface area contributed by atoms with Crippen molar-refractivity contribution in [3.63, 3.8) is 0 Å². The number of carbonyl (C=O) groups excluding carboxylic acids is 4.